The van der Waals surface area contributed by atoms with Crippen molar-refractivity contribution in [3.8, 4) is 0 Å². The number of hydrogen-bond donors (Lipinski definition) is 2. The maximum Gasteiger partial charge on any atom is 0.261 e. The molecule has 27 heavy (non-hydrogen) atoms. The third kappa shape index (κ3) is 5.10. The van der Waals surface area contributed by atoms with Crippen LogP contribution in [0.15, 0.2) is 47.4 Å². The average Bonchev–Trinajstić information content (AvgIpc) is 3.10. The first kappa shape index (κ1) is 19.4. The quantitative estimate of drug-likeness (QED) is 0.760. The Morgan fingerprint density at radius 3 is 2.33 bits per heavy atom. The highest BCUT2D eigenvalue weighted by atomic mass is 32.2. The van der Waals surface area contributed by atoms with Gasteiger partial charge >= 0.3 is 0 Å². The summed E-state index contributed by atoms with van der Waals surface area (Å²) in [4.78, 5) is 12.3. The molecule has 0 heterocycles. The number of nitrogens with one attached hydrogen (secondary N) is 2. The Labute approximate surface area is 161 Å². The molecule has 2 N–H and O–H groups in total. The van der Waals surface area contributed by atoms with Crippen LogP contribution in [0.25, 0.3) is 0 Å². The summed E-state index contributed by atoms with van der Waals surface area (Å²) in [5.74, 6) is 0.470. The topological polar surface area (TPSA) is 75.3 Å². The Bertz CT molecular complexity index is 915. The van der Waals surface area contributed by atoms with Gasteiger partial charge in [0.15, 0.2) is 0 Å². The number of amides is 1. The lowest BCUT2D eigenvalue weighted by Crippen LogP contribution is -2.16. The monoisotopic (exact) mass is 386 g/mol. The molecule has 1 amide bonds. The van der Waals surface area contributed by atoms with Gasteiger partial charge in [-0.05, 0) is 68.5 Å². The molecule has 0 spiro atoms. The zero-order valence-electron chi connectivity index (χ0n) is 15.8. The molecule has 1 aliphatic rings. The fourth-order valence-electron chi connectivity index (χ4n) is 3.54. The van der Waals surface area contributed by atoms with Crippen molar-refractivity contribution >= 4 is 27.3 Å². The van der Waals surface area contributed by atoms with Gasteiger partial charge in [0, 0.05) is 12.1 Å². The van der Waals surface area contributed by atoms with E-state index < -0.39 is 10.0 Å². The smallest absolute Gasteiger partial charge is 0.261 e. The molecule has 2 aromatic carbocycles. The molecule has 0 unspecified atom stereocenters. The molecule has 0 bridgehead atoms. The fourth-order valence-corrected chi connectivity index (χ4v) is 4.67. The van der Waals surface area contributed by atoms with E-state index in [0.29, 0.717) is 23.7 Å². The van der Waals surface area contributed by atoms with E-state index in [2.05, 4.69) is 10.0 Å². The maximum absolute atomic E-state index is 12.6. The van der Waals surface area contributed by atoms with Crippen LogP contribution in [-0.4, -0.2) is 14.3 Å². The zero-order valence-corrected chi connectivity index (χ0v) is 16.6. The molecule has 5 nitrogen and oxygen atoms in total. The number of anilines is 2. The van der Waals surface area contributed by atoms with Crippen molar-refractivity contribution in [3.05, 3.63) is 53.6 Å². The summed E-state index contributed by atoms with van der Waals surface area (Å²) in [5.41, 5.74) is 3.13. The third-order valence-electron chi connectivity index (χ3n) is 5.02. The lowest BCUT2D eigenvalue weighted by molar-refractivity contribution is -0.117. The summed E-state index contributed by atoms with van der Waals surface area (Å²) in [6.07, 6.45) is 5.19. The number of carbonyl (C=O) groups is 1. The largest absolute Gasteiger partial charge is 0.326 e. The van der Waals surface area contributed by atoms with Crippen molar-refractivity contribution in [1.29, 1.82) is 0 Å². The summed E-state index contributed by atoms with van der Waals surface area (Å²) in [6, 6.07) is 11.8. The number of benzene rings is 2. The average molecular weight is 387 g/mol. The van der Waals surface area contributed by atoms with Crippen molar-refractivity contribution in [1.82, 2.24) is 0 Å². The van der Waals surface area contributed by atoms with Gasteiger partial charge in [-0.1, -0.05) is 30.5 Å². The van der Waals surface area contributed by atoms with E-state index in [4.69, 9.17) is 0 Å². The van der Waals surface area contributed by atoms with E-state index >= 15 is 0 Å². The van der Waals surface area contributed by atoms with Gasteiger partial charge in [0.05, 0.1) is 10.6 Å². The van der Waals surface area contributed by atoms with E-state index in [0.717, 1.165) is 24.0 Å². The fraction of sp³-hybridized carbons (Fsp3) is 0.381. The molecule has 0 atom stereocenters. The van der Waals surface area contributed by atoms with Gasteiger partial charge < -0.3 is 5.32 Å². The molecule has 3 rings (SSSR count). The van der Waals surface area contributed by atoms with Gasteiger partial charge in [0.1, 0.15) is 0 Å². The molecule has 1 fully saturated rings. The van der Waals surface area contributed by atoms with Crippen LogP contribution in [0.4, 0.5) is 11.4 Å². The molecule has 0 aromatic heterocycles. The number of hydrogen-bond acceptors (Lipinski definition) is 3. The first-order chi connectivity index (χ1) is 12.8. The van der Waals surface area contributed by atoms with Crippen LogP contribution in [-0.2, 0) is 14.8 Å². The van der Waals surface area contributed by atoms with Crippen molar-refractivity contribution in [2.75, 3.05) is 10.0 Å². The van der Waals surface area contributed by atoms with E-state index in [-0.39, 0.29) is 10.8 Å². The molecule has 144 valence electrons. The van der Waals surface area contributed by atoms with Gasteiger partial charge in [0.25, 0.3) is 10.0 Å². The molecular weight excluding hydrogens is 360 g/mol. The summed E-state index contributed by atoms with van der Waals surface area (Å²) in [6.45, 7) is 3.83. The van der Waals surface area contributed by atoms with E-state index in [1.54, 1.807) is 18.2 Å². The second kappa shape index (κ2) is 8.13. The van der Waals surface area contributed by atoms with E-state index in [9.17, 15) is 13.2 Å². The van der Waals surface area contributed by atoms with Crippen LogP contribution in [0, 0.1) is 19.8 Å². The highest BCUT2D eigenvalue weighted by Crippen LogP contribution is 2.28. The van der Waals surface area contributed by atoms with Crippen LogP contribution in [0.1, 0.15) is 43.2 Å². The molecule has 6 heteroatoms. The van der Waals surface area contributed by atoms with Crippen molar-refractivity contribution in [2.24, 2.45) is 5.92 Å². The highest BCUT2D eigenvalue weighted by molar-refractivity contribution is 7.92. The lowest BCUT2D eigenvalue weighted by Gasteiger charge is -2.12. The first-order valence-corrected chi connectivity index (χ1v) is 10.8. The zero-order chi connectivity index (χ0) is 19.4. The lowest BCUT2D eigenvalue weighted by atomic mass is 10.0. The second-order valence-electron chi connectivity index (χ2n) is 7.35. The SMILES string of the molecule is Cc1ccc(NS(=O)(=O)c2ccc(NC(=O)CC3CCCC3)cc2)c(C)c1. The summed E-state index contributed by atoms with van der Waals surface area (Å²) in [7, 11) is -3.68. The summed E-state index contributed by atoms with van der Waals surface area (Å²) >= 11 is 0. The number of rotatable bonds is 6. The highest BCUT2D eigenvalue weighted by Gasteiger charge is 2.19. The Morgan fingerprint density at radius 2 is 1.70 bits per heavy atom. The minimum absolute atomic E-state index is 0.00841. The first-order valence-electron chi connectivity index (χ1n) is 9.33. The Morgan fingerprint density at radius 1 is 1.04 bits per heavy atom. The standard InChI is InChI=1S/C21H26N2O3S/c1-15-7-12-20(16(2)13-15)23-27(25,26)19-10-8-18(9-11-19)22-21(24)14-17-5-3-4-6-17/h7-13,17,23H,3-6,14H2,1-2H3,(H,22,24). The van der Waals surface area contributed by atoms with Gasteiger partial charge in [-0.15, -0.1) is 0 Å². The second-order valence-corrected chi connectivity index (χ2v) is 9.03. The van der Waals surface area contributed by atoms with Crippen LogP contribution in [0.2, 0.25) is 0 Å². The predicted molar refractivity (Wildman–Crippen MR) is 108 cm³/mol. The molecule has 2 aromatic rings. The van der Waals surface area contributed by atoms with Crippen LogP contribution < -0.4 is 10.0 Å². The van der Waals surface area contributed by atoms with Gasteiger partial charge in [-0.2, -0.15) is 0 Å². The number of aryl methyl sites for hydroxylation is 2. The Balaban J connectivity index is 1.65. The maximum atomic E-state index is 12.6. The molecule has 0 aliphatic heterocycles. The van der Waals surface area contributed by atoms with Crippen LogP contribution >= 0.6 is 0 Å². The molecular formula is C21H26N2O3S. The molecule has 0 radical (unpaired) electrons. The Hall–Kier alpha value is -2.34. The normalized spacial score (nSPS) is 14.9. The molecule has 1 aliphatic carbocycles. The third-order valence-corrected chi connectivity index (χ3v) is 6.40. The predicted octanol–water partition coefficient (Wildman–Crippen LogP) is 4.62. The summed E-state index contributed by atoms with van der Waals surface area (Å²) in [5, 5.41) is 2.86. The Kier molecular flexibility index (Phi) is 5.85. The number of sulfonamides is 1. The molecule has 0 saturated heterocycles. The van der Waals surface area contributed by atoms with Gasteiger partial charge in [0.2, 0.25) is 5.91 Å². The van der Waals surface area contributed by atoms with E-state index in [1.807, 2.05) is 26.0 Å². The van der Waals surface area contributed by atoms with Crippen molar-refractivity contribution in [3.63, 3.8) is 0 Å². The van der Waals surface area contributed by atoms with Crippen molar-refractivity contribution < 1.29 is 13.2 Å². The minimum atomic E-state index is -3.68. The van der Waals surface area contributed by atoms with Gasteiger partial charge in [-0.25, -0.2) is 8.42 Å². The van der Waals surface area contributed by atoms with Crippen LogP contribution in [0.3, 0.4) is 0 Å². The molecule has 1 saturated carbocycles. The summed E-state index contributed by atoms with van der Waals surface area (Å²) < 4.78 is 27.8. The van der Waals surface area contributed by atoms with Crippen LogP contribution in [0.5, 0.6) is 0 Å². The number of carbonyl (C=O) groups excluding carboxylic acids is 1. The minimum Gasteiger partial charge on any atom is -0.326 e. The van der Waals surface area contributed by atoms with Gasteiger partial charge in [-0.3, -0.25) is 9.52 Å². The van der Waals surface area contributed by atoms with E-state index in [1.165, 1.54) is 25.0 Å². The van der Waals surface area contributed by atoms with Crippen molar-refractivity contribution in [2.45, 2.75) is 50.8 Å².